The van der Waals surface area contributed by atoms with Gasteiger partial charge in [-0.15, -0.1) is 11.3 Å². The molecule has 1 saturated heterocycles. The van der Waals surface area contributed by atoms with Crippen LogP contribution in [0.4, 0.5) is 0 Å². The predicted molar refractivity (Wildman–Crippen MR) is 71.8 cm³/mol. The molecule has 0 bridgehead atoms. The highest BCUT2D eigenvalue weighted by molar-refractivity contribution is 7.14. The van der Waals surface area contributed by atoms with Crippen LogP contribution < -0.4 is 5.32 Å². The van der Waals surface area contributed by atoms with Gasteiger partial charge in [0, 0.05) is 30.6 Å². The summed E-state index contributed by atoms with van der Waals surface area (Å²) >= 11 is 1.65. The Morgan fingerprint density at radius 2 is 2.41 bits per heavy atom. The number of nitrogens with one attached hydrogen (secondary N) is 1. The minimum absolute atomic E-state index is 0.200. The fourth-order valence-electron chi connectivity index (χ4n) is 2.25. The third kappa shape index (κ3) is 2.69. The summed E-state index contributed by atoms with van der Waals surface area (Å²) in [4.78, 5) is 16.5. The van der Waals surface area contributed by atoms with E-state index in [1.807, 2.05) is 11.0 Å². The van der Waals surface area contributed by atoms with Gasteiger partial charge in [-0.25, -0.2) is 0 Å². The molecule has 1 aromatic rings. The maximum absolute atomic E-state index is 12.3. The van der Waals surface area contributed by atoms with Gasteiger partial charge in [0.25, 0.3) is 5.91 Å². The molecule has 1 amide bonds. The normalized spacial score (nSPS) is 20.6. The number of rotatable bonds is 2. The Labute approximate surface area is 107 Å². The van der Waals surface area contributed by atoms with Crippen LogP contribution in [0.5, 0.6) is 0 Å². The van der Waals surface area contributed by atoms with Gasteiger partial charge in [-0.1, -0.05) is 6.92 Å². The monoisotopic (exact) mass is 252 g/mol. The first-order valence-corrected chi connectivity index (χ1v) is 7.05. The number of thiophene rings is 1. The molecule has 1 N–H and O–H groups in total. The van der Waals surface area contributed by atoms with Gasteiger partial charge in [0.15, 0.2) is 0 Å². The van der Waals surface area contributed by atoms with Gasteiger partial charge < -0.3 is 10.2 Å². The van der Waals surface area contributed by atoms with E-state index >= 15 is 0 Å². The topological polar surface area (TPSA) is 32.3 Å². The van der Waals surface area contributed by atoms with E-state index in [4.69, 9.17) is 0 Å². The Hall–Kier alpha value is -0.870. The summed E-state index contributed by atoms with van der Waals surface area (Å²) in [5.74, 6) is 0.200. The van der Waals surface area contributed by atoms with E-state index in [1.54, 1.807) is 11.3 Å². The Kier molecular flexibility index (Phi) is 3.84. The van der Waals surface area contributed by atoms with E-state index in [0.717, 1.165) is 30.9 Å². The second-order valence-corrected chi connectivity index (χ2v) is 5.81. The number of hydrogen-bond acceptors (Lipinski definition) is 3. The number of aryl methyl sites for hydroxylation is 2. The maximum atomic E-state index is 12.3. The van der Waals surface area contributed by atoms with Gasteiger partial charge in [-0.3, -0.25) is 4.79 Å². The molecule has 94 valence electrons. The Bertz CT molecular complexity index is 414. The van der Waals surface area contributed by atoms with Crippen molar-refractivity contribution in [3.63, 3.8) is 0 Å². The van der Waals surface area contributed by atoms with Crippen molar-refractivity contribution < 1.29 is 4.79 Å². The van der Waals surface area contributed by atoms with E-state index in [9.17, 15) is 4.79 Å². The van der Waals surface area contributed by atoms with Crippen molar-refractivity contribution in [2.24, 2.45) is 0 Å². The van der Waals surface area contributed by atoms with Gasteiger partial charge in [0.1, 0.15) is 0 Å². The lowest BCUT2D eigenvalue weighted by molar-refractivity contribution is 0.0714. The Balaban J connectivity index is 2.13. The van der Waals surface area contributed by atoms with Gasteiger partial charge in [0.05, 0.1) is 4.88 Å². The average Bonchev–Trinajstić information content (AvgIpc) is 2.69. The highest BCUT2D eigenvalue weighted by Crippen LogP contribution is 2.24. The number of amides is 1. The first-order valence-electron chi connectivity index (χ1n) is 6.23. The Morgan fingerprint density at radius 3 is 3.00 bits per heavy atom. The molecule has 1 atom stereocenters. The van der Waals surface area contributed by atoms with Crippen LogP contribution in [-0.4, -0.2) is 36.5 Å². The standard InChI is InChI=1S/C13H20N2OS/c1-4-11-9(2)7-12(17-11)13(16)15-6-5-14-10(3)8-15/h7,10,14H,4-6,8H2,1-3H3/t10-/m1/s1. The zero-order valence-electron chi connectivity index (χ0n) is 10.7. The van der Waals surface area contributed by atoms with Crippen LogP contribution in [0.25, 0.3) is 0 Å². The van der Waals surface area contributed by atoms with Crippen molar-refractivity contribution in [3.05, 3.63) is 21.4 Å². The molecular weight excluding hydrogens is 232 g/mol. The molecule has 2 rings (SSSR count). The molecule has 1 aliphatic rings. The van der Waals surface area contributed by atoms with Crippen molar-refractivity contribution in [2.45, 2.75) is 33.2 Å². The summed E-state index contributed by atoms with van der Waals surface area (Å²) in [7, 11) is 0. The highest BCUT2D eigenvalue weighted by Gasteiger charge is 2.23. The molecule has 0 aliphatic carbocycles. The lowest BCUT2D eigenvalue weighted by Crippen LogP contribution is -2.51. The van der Waals surface area contributed by atoms with Crippen molar-refractivity contribution in [1.82, 2.24) is 10.2 Å². The zero-order valence-corrected chi connectivity index (χ0v) is 11.6. The molecule has 1 aliphatic heterocycles. The lowest BCUT2D eigenvalue weighted by Gasteiger charge is -2.31. The quantitative estimate of drug-likeness (QED) is 0.873. The Morgan fingerprint density at radius 1 is 1.65 bits per heavy atom. The SMILES string of the molecule is CCc1sc(C(=O)N2CCN[C@H](C)C2)cc1C. The highest BCUT2D eigenvalue weighted by atomic mass is 32.1. The third-order valence-corrected chi connectivity index (χ3v) is 4.58. The number of carbonyl (C=O) groups is 1. The van der Waals surface area contributed by atoms with Crippen LogP contribution in [0.1, 0.15) is 34.0 Å². The number of nitrogens with zero attached hydrogens (tertiary/aromatic N) is 1. The maximum Gasteiger partial charge on any atom is 0.264 e. The minimum atomic E-state index is 0.200. The van der Waals surface area contributed by atoms with Crippen molar-refractivity contribution in [2.75, 3.05) is 19.6 Å². The van der Waals surface area contributed by atoms with Crippen LogP contribution in [0.2, 0.25) is 0 Å². The van der Waals surface area contributed by atoms with Crippen molar-refractivity contribution in [3.8, 4) is 0 Å². The summed E-state index contributed by atoms with van der Waals surface area (Å²) in [5, 5.41) is 3.36. The van der Waals surface area contributed by atoms with E-state index < -0.39 is 0 Å². The van der Waals surface area contributed by atoms with Gasteiger partial charge in [-0.2, -0.15) is 0 Å². The summed E-state index contributed by atoms with van der Waals surface area (Å²) < 4.78 is 0. The smallest absolute Gasteiger partial charge is 0.264 e. The zero-order chi connectivity index (χ0) is 12.4. The average molecular weight is 252 g/mol. The van der Waals surface area contributed by atoms with Crippen LogP contribution in [-0.2, 0) is 6.42 Å². The second-order valence-electron chi connectivity index (χ2n) is 4.68. The molecule has 0 unspecified atom stereocenters. The molecule has 0 spiro atoms. The van der Waals surface area contributed by atoms with Crippen molar-refractivity contribution in [1.29, 1.82) is 0 Å². The predicted octanol–water partition coefficient (Wildman–Crippen LogP) is 2.05. The summed E-state index contributed by atoms with van der Waals surface area (Å²) in [6, 6.07) is 2.44. The van der Waals surface area contributed by atoms with E-state index in [0.29, 0.717) is 6.04 Å². The van der Waals surface area contributed by atoms with Gasteiger partial charge in [0.2, 0.25) is 0 Å². The number of piperazine rings is 1. The molecular formula is C13H20N2OS. The van der Waals surface area contributed by atoms with Crippen LogP contribution in [0, 0.1) is 6.92 Å². The van der Waals surface area contributed by atoms with E-state index in [-0.39, 0.29) is 5.91 Å². The van der Waals surface area contributed by atoms with Gasteiger partial charge >= 0.3 is 0 Å². The molecule has 0 saturated carbocycles. The first-order chi connectivity index (χ1) is 8.11. The number of carbonyl (C=O) groups excluding carboxylic acids is 1. The molecule has 1 fully saturated rings. The molecule has 0 aromatic carbocycles. The summed E-state index contributed by atoms with van der Waals surface area (Å²) in [6.45, 7) is 8.89. The van der Waals surface area contributed by atoms with Crippen LogP contribution in [0.15, 0.2) is 6.07 Å². The fourth-order valence-corrected chi connectivity index (χ4v) is 3.33. The second kappa shape index (κ2) is 5.19. The number of hydrogen-bond donors (Lipinski definition) is 1. The largest absolute Gasteiger partial charge is 0.335 e. The molecule has 0 radical (unpaired) electrons. The minimum Gasteiger partial charge on any atom is -0.335 e. The fraction of sp³-hybridized carbons (Fsp3) is 0.615. The molecule has 2 heterocycles. The van der Waals surface area contributed by atoms with Crippen molar-refractivity contribution >= 4 is 17.2 Å². The molecule has 17 heavy (non-hydrogen) atoms. The lowest BCUT2D eigenvalue weighted by atomic mass is 10.2. The van der Waals surface area contributed by atoms with Crippen LogP contribution >= 0.6 is 11.3 Å². The van der Waals surface area contributed by atoms with Crippen LogP contribution in [0.3, 0.4) is 0 Å². The van der Waals surface area contributed by atoms with E-state index in [2.05, 4.69) is 26.1 Å². The molecule has 4 heteroatoms. The first kappa shape index (κ1) is 12.6. The molecule has 3 nitrogen and oxygen atoms in total. The third-order valence-electron chi connectivity index (χ3n) is 3.21. The summed E-state index contributed by atoms with van der Waals surface area (Å²) in [5.41, 5.74) is 1.25. The summed E-state index contributed by atoms with van der Waals surface area (Å²) in [6.07, 6.45) is 1.02. The molecule has 1 aromatic heterocycles. The van der Waals surface area contributed by atoms with Gasteiger partial charge in [-0.05, 0) is 31.9 Å². The van der Waals surface area contributed by atoms with E-state index in [1.165, 1.54) is 10.4 Å².